The second-order valence-corrected chi connectivity index (χ2v) is 8.99. The van der Waals surface area contributed by atoms with Crippen molar-refractivity contribution in [1.29, 1.82) is 0 Å². The lowest BCUT2D eigenvalue weighted by atomic mass is 9.87. The molecule has 0 radical (unpaired) electrons. The van der Waals surface area contributed by atoms with Crippen LogP contribution in [-0.4, -0.2) is 53.4 Å². The lowest BCUT2D eigenvalue weighted by Crippen LogP contribution is -2.53. The molecule has 2 fully saturated rings. The molecule has 24 heavy (non-hydrogen) atoms. The smallest absolute Gasteiger partial charge is 0.224 e. The van der Waals surface area contributed by atoms with E-state index in [1.807, 2.05) is 13.8 Å². The number of aliphatic imine (C=N–C) groups is 1. The van der Waals surface area contributed by atoms with Crippen molar-refractivity contribution >= 4 is 47.6 Å². The molecule has 1 aliphatic heterocycles. The first-order valence-corrected chi connectivity index (χ1v) is 9.84. The number of rotatable bonds is 4. The third-order valence-corrected chi connectivity index (χ3v) is 6.48. The van der Waals surface area contributed by atoms with Gasteiger partial charge in [-0.2, -0.15) is 11.8 Å². The Balaban J connectivity index is 0.00000288. The van der Waals surface area contributed by atoms with Crippen LogP contribution in [0.25, 0.3) is 0 Å². The number of nitrogens with zero attached hydrogens (tertiary/aromatic N) is 2. The van der Waals surface area contributed by atoms with E-state index in [4.69, 9.17) is 10.7 Å². The molecule has 0 aromatic heterocycles. The van der Waals surface area contributed by atoms with Gasteiger partial charge in [0, 0.05) is 30.1 Å². The van der Waals surface area contributed by atoms with Gasteiger partial charge in [-0.15, -0.1) is 24.0 Å². The first-order chi connectivity index (χ1) is 10.9. The number of primary amides is 1. The van der Waals surface area contributed by atoms with Crippen molar-refractivity contribution in [3.05, 3.63) is 0 Å². The summed E-state index contributed by atoms with van der Waals surface area (Å²) < 4.78 is 0.409. The van der Waals surface area contributed by atoms with Gasteiger partial charge in [0.05, 0.1) is 12.0 Å². The Morgan fingerprint density at radius 3 is 2.58 bits per heavy atom. The molecule has 1 amide bonds. The number of hydrogen-bond donors (Lipinski definition) is 2. The summed E-state index contributed by atoms with van der Waals surface area (Å²) in [7, 11) is 0. The van der Waals surface area contributed by atoms with Crippen LogP contribution in [0.1, 0.15) is 52.9 Å². The van der Waals surface area contributed by atoms with E-state index in [0.29, 0.717) is 11.3 Å². The second kappa shape index (κ2) is 9.50. The molecular formula is C17H33IN4OS. The Morgan fingerprint density at radius 2 is 2.00 bits per heavy atom. The quantitative estimate of drug-likeness (QED) is 0.378. The van der Waals surface area contributed by atoms with Gasteiger partial charge in [0.25, 0.3) is 0 Å². The molecule has 0 bridgehead atoms. The molecule has 2 rings (SSSR count). The molecule has 1 saturated carbocycles. The molecule has 5 nitrogen and oxygen atoms in total. The summed E-state index contributed by atoms with van der Waals surface area (Å²) in [4.78, 5) is 18.6. The number of hydrogen-bond acceptors (Lipinski definition) is 3. The van der Waals surface area contributed by atoms with Gasteiger partial charge in [0.15, 0.2) is 5.96 Å². The van der Waals surface area contributed by atoms with Gasteiger partial charge < -0.3 is 16.0 Å². The van der Waals surface area contributed by atoms with Crippen LogP contribution < -0.4 is 11.1 Å². The Morgan fingerprint density at radius 1 is 1.33 bits per heavy atom. The average molecular weight is 468 g/mol. The minimum absolute atomic E-state index is 0. The number of amides is 1. The Labute approximate surface area is 168 Å². The van der Waals surface area contributed by atoms with Crippen LogP contribution in [0.2, 0.25) is 0 Å². The number of halogens is 1. The molecule has 7 heteroatoms. The van der Waals surface area contributed by atoms with Crippen molar-refractivity contribution in [1.82, 2.24) is 10.2 Å². The van der Waals surface area contributed by atoms with Crippen LogP contribution in [0.15, 0.2) is 4.99 Å². The van der Waals surface area contributed by atoms with Gasteiger partial charge in [0.1, 0.15) is 0 Å². The summed E-state index contributed by atoms with van der Waals surface area (Å²) in [6.07, 6.45) is 6.72. The molecule has 1 spiro atoms. The lowest BCUT2D eigenvalue weighted by Gasteiger charge is -2.45. The lowest BCUT2D eigenvalue weighted by molar-refractivity contribution is -0.125. The normalized spacial score (nSPS) is 21.3. The number of carbonyl (C=O) groups is 1. The number of carbonyl (C=O) groups excluding carboxylic acids is 1. The molecule has 0 aromatic carbocycles. The zero-order valence-corrected chi connectivity index (χ0v) is 18.4. The van der Waals surface area contributed by atoms with E-state index in [1.165, 1.54) is 32.1 Å². The van der Waals surface area contributed by atoms with Gasteiger partial charge >= 0.3 is 0 Å². The molecule has 1 heterocycles. The van der Waals surface area contributed by atoms with E-state index >= 15 is 0 Å². The van der Waals surface area contributed by atoms with Crippen molar-refractivity contribution in [3.8, 4) is 0 Å². The van der Waals surface area contributed by atoms with E-state index in [2.05, 4.69) is 28.9 Å². The molecular weight excluding hydrogens is 435 g/mol. The van der Waals surface area contributed by atoms with E-state index in [9.17, 15) is 4.79 Å². The molecule has 0 unspecified atom stereocenters. The average Bonchev–Trinajstić information content (AvgIpc) is 2.52. The third-order valence-electron chi connectivity index (χ3n) is 4.94. The van der Waals surface area contributed by atoms with Gasteiger partial charge in [-0.1, -0.05) is 19.3 Å². The first kappa shape index (κ1) is 21.9. The Kier molecular flexibility index (Phi) is 8.65. The van der Waals surface area contributed by atoms with Crippen LogP contribution in [0, 0.1) is 5.41 Å². The highest BCUT2D eigenvalue weighted by Crippen LogP contribution is 2.42. The molecule has 0 atom stereocenters. The molecule has 3 N–H and O–H groups in total. The van der Waals surface area contributed by atoms with Crippen LogP contribution in [0.3, 0.4) is 0 Å². The summed E-state index contributed by atoms with van der Waals surface area (Å²) in [6, 6.07) is 0. The first-order valence-electron chi connectivity index (χ1n) is 8.86. The number of nitrogens with two attached hydrogens (primary N) is 1. The zero-order valence-electron chi connectivity index (χ0n) is 15.3. The number of guanidine groups is 1. The number of nitrogens with one attached hydrogen (secondary N) is 1. The minimum atomic E-state index is -0.603. The summed E-state index contributed by atoms with van der Waals surface area (Å²) in [5.41, 5.74) is 4.87. The molecule has 1 saturated heterocycles. The second-order valence-electron chi connectivity index (χ2n) is 7.43. The number of thioether (sulfide) groups is 1. The van der Waals surface area contributed by atoms with Gasteiger partial charge in [-0.25, -0.2) is 0 Å². The molecule has 140 valence electrons. The summed E-state index contributed by atoms with van der Waals surface area (Å²) in [6.45, 7) is 9.17. The highest BCUT2D eigenvalue weighted by molar-refractivity contribution is 14.0. The molecule has 2 aliphatic rings. The molecule has 1 aliphatic carbocycles. The maximum atomic E-state index is 11.5. The Hall–Kier alpha value is -0.180. The highest BCUT2D eigenvalue weighted by Gasteiger charge is 2.38. The van der Waals surface area contributed by atoms with Crippen molar-refractivity contribution in [2.24, 2.45) is 16.1 Å². The maximum Gasteiger partial charge on any atom is 0.224 e. The van der Waals surface area contributed by atoms with E-state index in [0.717, 1.165) is 31.3 Å². The maximum absolute atomic E-state index is 11.5. The fraction of sp³-hybridized carbons (Fsp3) is 0.882. The van der Waals surface area contributed by atoms with Gasteiger partial charge in [-0.05, 0) is 33.6 Å². The van der Waals surface area contributed by atoms with Crippen molar-refractivity contribution in [2.75, 3.05) is 31.9 Å². The predicted molar refractivity (Wildman–Crippen MR) is 114 cm³/mol. The van der Waals surface area contributed by atoms with Crippen molar-refractivity contribution < 1.29 is 4.79 Å². The van der Waals surface area contributed by atoms with Crippen molar-refractivity contribution in [3.63, 3.8) is 0 Å². The predicted octanol–water partition coefficient (Wildman–Crippen LogP) is 2.83. The minimum Gasteiger partial charge on any atom is -0.369 e. The van der Waals surface area contributed by atoms with Gasteiger partial charge in [0.2, 0.25) is 5.91 Å². The largest absolute Gasteiger partial charge is 0.369 e. The molecule has 0 aromatic rings. The summed E-state index contributed by atoms with van der Waals surface area (Å²) >= 11 is 2.16. The fourth-order valence-corrected chi connectivity index (χ4v) is 4.87. The Bertz CT molecular complexity index is 444. The van der Waals surface area contributed by atoms with Crippen LogP contribution in [0.4, 0.5) is 0 Å². The third kappa shape index (κ3) is 5.68. The summed E-state index contributed by atoms with van der Waals surface area (Å²) in [5.74, 6) is 1.80. The highest BCUT2D eigenvalue weighted by atomic mass is 127. The standard InChI is InChI=1S/C17H32N4OS.HI/c1-4-19-15(20-12-16(2,3)14(18)22)21-10-11-23-17(13-21)8-6-5-7-9-17;/h4-13H2,1-3H3,(H2,18,22)(H,19,20);1H. The topological polar surface area (TPSA) is 70.7 Å². The summed E-state index contributed by atoms with van der Waals surface area (Å²) in [5, 5.41) is 3.40. The van der Waals surface area contributed by atoms with Crippen LogP contribution >= 0.6 is 35.7 Å². The van der Waals surface area contributed by atoms with Gasteiger partial charge in [-0.3, -0.25) is 9.79 Å². The van der Waals surface area contributed by atoms with E-state index < -0.39 is 5.41 Å². The van der Waals surface area contributed by atoms with Crippen LogP contribution in [0.5, 0.6) is 0 Å². The van der Waals surface area contributed by atoms with E-state index in [-0.39, 0.29) is 29.9 Å². The van der Waals surface area contributed by atoms with Crippen LogP contribution in [-0.2, 0) is 4.79 Å². The van der Waals surface area contributed by atoms with E-state index in [1.54, 1.807) is 0 Å². The van der Waals surface area contributed by atoms with Crippen molar-refractivity contribution in [2.45, 2.75) is 57.6 Å². The fourth-order valence-electron chi connectivity index (χ4n) is 3.30. The zero-order chi connectivity index (χ0) is 16.9. The monoisotopic (exact) mass is 468 g/mol. The SMILES string of the molecule is CCNC(=NCC(C)(C)C(N)=O)N1CCSC2(CCCCC2)C1.I.